The van der Waals surface area contributed by atoms with E-state index in [9.17, 15) is 4.79 Å². The predicted molar refractivity (Wildman–Crippen MR) is 82.1 cm³/mol. The Morgan fingerprint density at radius 2 is 1.89 bits per heavy atom. The molecular formula is C13H11Br2NOS. The Bertz CT molecular complexity index is 560. The van der Waals surface area contributed by atoms with Crippen LogP contribution in [0.3, 0.4) is 0 Å². The molecule has 2 aromatic rings. The number of thiophene rings is 1. The van der Waals surface area contributed by atoms with E-state index in [1.807, 2.05) is 13.0 Å². The first-order valence-electron chi connectivity index (χ1n) is 5.32. The van der Waals surface area contributed by atoms with Crippen molar-refractivity contribution >= 4 is 49.1 Å². The maximum absolute atomic E-state index is 12.0. The van der Waals surface area contributed by atoms with E-state index in [1.165, 1.54) is 11.1 Å². The smallest absolute Gasteiger partial charge is 0.251 e. The summed E-state index contributed by atoms with van der Waals surface area (Å²) in [5.41, 5.74) is 3.03. The third kappa shape index (κ3) is 3.43. The maximum Gasteiger partial charge on any atom is 0.251 e. The Hall–Kier alpha value is -0.650. The summed E-state index contributed by atoms with van der Waals surface area (Å²) in [6.45, 7) is 2.62. The Labute approximate surface area is 127 Å². The molecule has 1 aromatic carbocycles. The molecule has 0 unspecified atom stereocenters. The van der Waals surface area contributed by atoms with Gasteiger partial charge in [0.2, 0.25) is 0 Å². The van der Waals surface area contributed by atoms with Crippen LogP contribution in [-0.4, -0.2) is 5.91 Å². The maximum atomic E-state index is 12.0. The molecule has 18 heavy (non-hydrogen) atoms. The molecular weight excluding hydrogens is 378 g/mol. The van der Waals surface area contributed by atoms with Crippen LogP contribution in [0.1, 0.15) is 21.5 Å². The SMILES string of the molecule is Cc1cscc1CNC(=O)c1cc(Br)cc(Br)c1. The van der Waals surface area contributed by atoms with Gasteiger partial charge >= 0.3 is 0 Å². The van der Waals surface area contributed by atoms with Crippen LogP contribution >= 0.6 is 43.2 Å². The highest BCUT2D eigenvalue weighted by Crippen LogP contribution is 2.20. The van der Waals surface area contributed by atoms with Crippen LogP contribution in [0.25, 0.3) is 0 Å². The summed E-state index contributed by atoms with van der Waals surface area (Å²) < 4.78 is 1.77. The summed E-state index contributed by atoms with van der Waals surface area (Å²) >= 11 is 8.40. The number of aryl methyl sites for hydroxylation is 1. The molecule has 0 saturated carbocycles. The van der Waals surface area contributed by atoms with Crippen LogP contribution in [0.5, 0.6) is 0 Å². The number of hydrogen-bond donors (Lipinski definition) is 1. The second-order valence-electron chi connectivity index (χ2n) is 3.92. The van der Waals surface area contributed by atoms with Crippen molar-refractivity contribution in [3.63, 3.8) is 0 Å². The molecule has 5 heteroatoms. The Balaban J connectivity index is 2.06. The lowest BCUT2D eigenvalue weighted by Crippen LogP contribution is -2.22. The molecule has 0 spiro atoms. The van der Waals surface area contributed by atoms with Gasteiger partial charge in [-0.25, -0.2) is 0 Å². The number of amides is 1. The van der Waals surface area contributed by atoms with Crippen LogP contribution in [0.2, 0.25) is 0 Å². The van der Waals surface area contributed by atoms with E-state index in [0.29, 0.717) is 12.1 Å². The summed E-state index contributed by atoms with van der Waals surface area (Å²) in [6.07, 6.45) is 0. The number of benzene rings is 1. The molecule has 0 bridgehead atoms. The van der Waals surface area contributed by atoms with E-state index in [0.717, 1.165) is 8.95 Å². The normalized spacial score (nSPS) is 10.4. The van der Waals surface area contributed by atoms with Crippen molar-refractivity contribution in [1.82, 2.24) is 5.32 Å². The van der Waals surface area contributed by atoms with Crippen molar-refractivity contribution in [3.05, 3.63) is 54.6 Å². The standard InChI is InChI=1S/C13H11Br2NOS/c1-8-6-18-7-10(8)5-16-13(17)9-2-11(14)4-12(15)3-9/h2-4,6-7H,5H2,1H3,(H,16,17). The van der Waals surface area contributed by atoms with Crippen LogP contribution in [-0.2, 0) is 6.54 Å². The zero-order valence-corrected chi connectivity index (χ0v) is 13.7. The monoisotopic (exact) mass is 387 g/mol. The third-order valence-corrected chi connectivity index (χ3v) is 4.35. The number of carbonyl (C=O) groups excluding carboxylic acids is 1. The molecule has 2 nitrogen and oxygen atoms in total. The van der Waals surface area contributed by atoms with E-state index >= 15 is 0 Å². The lowest BCUT2D eigenvalue weighted by molar-refractivity contribution is 0.0951. The number of carbonyl (C=O) groups is 1. The van der Waals surface area contributed by atoms with Gasteiger partial charge in [-0.1, -0.05) is 31.9 Å². The van der Waals surface area contributed by atoms with Gasteiger partial charge in [0.15, 0.2) is 0 Å². The molecule has 0 aliphatic rings. The van der Waals surface area contributed by atoms with E-state index < -0.39 is 0 Å². The summed E-state index contributed by atoms with van der Waals surface area (Å²) in [7, 11) is 0. The molecule has 0 fully saturated rings. The lowest BCUT2D eigenvalue weighted by Gasteiger charge is -2.06. The van der Waals surface area contributed by atoms with E-state index in [4.69, 9.17) is 0 Å². The number of rotatable bonds is 3. The van der Waals surface area contributed by atoms with Crippen LogP contribution in [0, 0.1) is 6.92 Å². The molecule has 2 rings (SSSR count). The minimum absolute atomic E-state index is 0.0670. The fourth-order valence-electron chi connectivity index (χ4n) is 1.53. The largest absolute Gasteiger partial charge is 0.348 e. The highest BCUT2D eigenvalue weighted by Gasteiger charge is 2.08. The number of hydrogen-bond acceptors (Lipinski definition) is 2. The van der Waals surface area contributed by atoms with E-state index in [1.54, 1.807) is 23.5 Å². The van der Waals surface area contributed by atoms with Gasteiger partial charge in [0.05, 0.1) is 0 Å². The molecule has 0 aliphatic heterocycles. The third-order valence-electron chi connectivity index (χ3n) is 2.53. The summed E-state index contributed by atoms with van der Waals surface area (Å²) in [6, 6.07) is 5.51. The molecule has 0 atom stereocenters. The topological polar surface area (TPSA) is 29.1 Å². The second kappa shape index (κ2) is 5.99. The molecule has 0 aliphatic carbocycles. The number of nitrogens with one attached hydrogen (secondary N) is 1. The van der Waals surface area contributed by atoms with Gasteiger partial charge in [-0.15, -0.1) is 0 Å². The predicted octanol–water partition coefficient (Wildman–Crippen LogP) is 4.51. The first-order chi connectivity index (χ1) is 8.56. The van der Waals surface area contributed by atoms with Gasteiger partial charge in [-0.2, -0.15) is 11.3 Å². The fraction of sp³-hybridized carbons (Fsp3) is 0.154. The first kappa shape index (κ1) is 13.8. The van der Waals surface area contributed by atoms with E-state index in [2.05, 4.69) is 47.9 Å². The zero-order chi connectivity index (χ0) is 13.1. The van der Waals surface area contributed by atoms with Crippen LogP contribution in [0.15, 0.2) is 37.9 Å². The zero-order valence-electron chi connectivity index (χ0n) is 9.67. The second-order valence-corrected chi connectivity index (χ2v) is 6.50. The Morgan fingerprint density at radius 3 is 2.44 bits per heavy atom. The quantitative estimate of drug-likeness (QED) is 0.823. The van der Waals surface area contributed by atoms with Gasteiger partial charge in [-0.3, -0.25) is 4.79 Å². The van der Waals surface area contributed by atoms with Gasteiger partial charge in [0.1, 0.15) is 0 Å². The van der Waals surface area contributed by atoms with Gasteiger partial charge < -0.3 is 5.32 Å². The van der Waals surface area contributed by atoms with Crippen molar-refractivity contribution in [3.8, 4) is 0 Å². The van der Waals surface area contributed by atoms with Gasteiger partial charge in [-0.05, 0) is 47.0 Å². The highest BCUT2D eigenvalue weighted by atomic mass is 79.9. The Morgan fingerprint density at radius 1 is 1.22 bits per heavy atom. The fourth-order valence-corrected chi connectivity index (χ4v) is 3.68. The van der Waals surface area contributed by atoms with Crippen LogP contribution in [0.4, 0.5) is 0 Å². The lowest BCUT2D eigenvalue weighted by atomic mass is 10.2. The van der Waals surface area contributed by atoms with Crippen LogP contribution < -0.4 is 5.32 Å². The summed E-state index contributed by atoms with van der Waals surface area (Å²) in [5, 5.41) is 7.07. The number of halogens is 2. The van der Waals surface area contributed by atoms with Crippen molar-refractivity contribution in [2.75, 3.05) is 0 Å². The molecule has 94 valence electrons. The Kier molecular flexibility index (Phi) is 4.59. The van der Waals surface area contributed by atoms with Gasteiger partial charge in [0.25, 0.3) is 5.91 Å². The molecule has 1 heterocycles. The molecule has 1 amide bonds. The average Bonchev–Trinajstić information content (AvgIpc) is 2.70. The molecule has 1 N–H and O–H groups in total. The van der Waals surface area contributed by atoms with Gasteiger partial charge in [0, 0.05) is 21.1 Å². The van der Waals surface area contributed by atoms with Crippen molar-refractivity contribution in [2.24, 2.45) is 0 Å². The van der Waals surface area contributed by atoms with E-state index in [-0.39, 0.29) is 5.91 Å². The highest BCUT2D eigenvalue weighted by molar-refractivity contribution is 9.11. The molecule has 1 aromatic heterocycles. The summed E-state index contributed by atoms with van der Waals surface area (Å²) in [4.78, 5) is 12.0. The minimum Gasteiger partial charge on any atom is -0.348 e. The minimum atomic E-state index is -0.0670. The average molecular weight is 389 g/mol. The van der Waals surface area contributed by atoms with Crippen molar-refractivity contribution in [2.45, 2.75) is 13.5 Å². The van der Waals surface area contributed by atoms with Crippen molar-refractivity contribution < 1.29 is 4.79 Å². The van der Waals surface area contributed by atoms with Crippen molar-refractivity contribution in [1.29, 1.82) is 0 Å². The summed E-state index contributed by atoms with van der Waals surface area (Å²) in [5.74, 6) is -0.0670. The first-order valence-corrected chi connectivity index (χ1v) is 7.85. The molecule has 0 radical (unpaired) electrons. The molecule has 0 saturated heterocycles.